The smallest absolute Gasteiger partial charge is 0.154 e. The molecule has 0 amide bonds. The van der Waals surface area contributed by atoms with E-state index in [1.807, 2.05) is 25.3 Å². The lowest BCUT2D eigenvalue weighted by molar-refractivity contribution is 0.285. The highest BCUT2D eigenvalue weighted by Crippen LogP contribution is 2.42. The molecule has 0 aliphatic carbocycles. The van der Waals surface area contributed by atoms with E-state index in [4.69, 9.17) is 4.99 Å². The van der Waals surface area contributed by atoms with Gasteiger partial charge in [-0.3, -0.25) is 4.90 Å². The molecule has 1 fully saturated rings. The molecule has 158 valence electrons. The highest BCUT2D eigenvalue weighted by Gasteiger charge is 2.25. The zero-order valence-electron chi connectivity index (χ0n) is 17.5. The third-order valence-corrected chi connectivity index (χ3v) is 6.34. The number of allylic oxidation sites excluding steroid dienone is 1. The van der Waals surface area contributed by atoms with Crippen molar-refractivity contribution in [2.45, 2.75) is 26.8 Å². The average molecular weight is 472 g/mol. The number of fused-ring (bicyclic) bond motifs is 1. The van der Waals surface area contributed by atoms with Crippen LogP contribution in [0.25, 0.3) is 0 Å². The molecule has 3 heterocycles. The number of rotatable bonds is 4. The molecule has 1 aromatic heterocycles. The molecule has 0 saturated carbocycles. The maximum atomic E-state index is 13.2. The number of anilines is 2. The van der Waals surface area contributed by atoms with Crippen molar-refractivity contribution in [3.8, 4) is 0 Å². The molecule has 0 radical (unpaired) electrons. The Balaban J connectivity index is 1.55. The third kappa shape index (κ3) is 4.57. The lowest BCUT2D eigenvalue weighted by Crippen LogP contribution is -2.31. The Labute approximate surface area is 185 Å². The first kappa shape index (κ1) is 21.0. The van der Waals surface area contributed by atoms with Crippen molar-refractivity contribution in [1.29, 1.82) is 0 Å². The summed E-state index contributed by atoms with van der Waals surface area (Å²) in [7, 11) is 0. The van der Waals surface area contributed by atoms with Crippen LogP contribution in [0.4, 0.5) is 21.6 Å². The summed E-state index contributed by atoms with van der Waals surface area (Å²) in [5.74, 6) is 0.656. The minimum atomic E-state index is -0.185. The van der Waals surface area contributed by atoms with E-state index in [0.717, 1.165) is 72.1 Å². The van der Waals surface area contributed by atoms with Crippen molar-refractivity contribution in [1.82, 2.24) is 9.88 Å². The number of hydrogen-bond acceptors (Lipinski definition) is 5. The van der Waals surface area contributed by atoms with Crippen molar-refractivity contribution in [3.05, 3.63) is 58.0 Å². The number of aliphatic imine (C=N–C) groups is 1. The molecule has 7 heteroatoms. The first-order chi connectivity index (χ1) is 14.5. The second kappa shape index (κ2) is 9.27. The summed E-state index contributed by atoms with van der Waals surface area (Å²) >= 11 is 3.72. The van der Waals surface area contributed by atoms with Gasteiger partial charge in [0.25, 0.3) is 0 Å². The number of pyridine rings is 1. The quantitative estimate of drug-likeness (QED) is 0.668. The zero-order chi connectivity index (χ0) is 21.1. The number of aromatic nitrogens is 1. The maximum absolute atomic E-state index is 13.2. The largest absolute Gasteiger partial charge is 0.367 e. The van der Waals surface area contributed by atoms with Crippen LogP contribution >= 0.6 is 15.9 Å². The van der Waals surface area contributed by atoms with Crippen LogP contribution in [0.2, 0.25) is 0 Å². The Morgan fingerprint density at radius 2 is 2.00 bits per heavy atom. The zero-order valence-corrected chi connectivity index (χ0v) is 19.0. The Morgan fingerprint density at radius 1 is 1.20 bits per heavy atom. The molecule has 0 unspecified atom stereocenters. The molecular formula is C23H27BrFN5. The molecule has 30 heavy (non-hydrogen) atoms. The highest BCUT2D eigenvalue weighted by molar-refractivity contribution is 9.10. The van der Waals surface area contributed by atoms with Gasteiger partial charge in [0.2, 0.25) is 0 Å². The van der Waals surface area contributed by atoms with Crippen LogP contribution in [0.15, 0.2) is 51.6 Å². The fraction of sp³-hybridized carbons (Fsp3) is 0.391. The summed E-state index contributed by atoms with van der Waals surface area (Å²) < 4.78 is 14.2. The lowest BCUT2D eigenvalue weighted by atomic mass is 10.1. The molecule has 0 bridgehead atoms. The topological polar surface area (TPSA) is 43.8 Å². The van der Waals surface area contributed by atoms with Crippen LogP contribution in [0.5, 0.6) is 0 Å². The van der Waals surface area contributed by atoms with Crippen LogP contribution < -0.4 is 10.2 Å². The predicted octanol–water partition coefficient (Wildman–Crippen LogP) is 5.16. The molecule has 0 atom stereocenters. The second-order valence-corrected chi connectivity index (χ2v) is 8.63. The number of halogens is 2. The van der Waals surface area contributed by atoms with Crippen molar-refractivity contribution in [3.63, 3.8) is 0 Å². The van der Waals surface area contributed by atoms with E-state index >= 15 is 0 Å². The van der Waals surface area contributed by atoms with Crippen LogP contribution in [0.1, 0.15) is 25.8 Å². The molecule has 4 rings (SSSR count). The van der Waals surface area contributed by atoms with Gasteiger partial charge in [-0.1, -0.05) is 18.2 Å². The van der Waals surface area contributed by atoms with Crippen molar-refractivity contribution in [2.24, 2.45) is 4.99 Å². The van der Waals surface area contributed by atoms with E-state index in [1.165, 1.54) is 17.7 Å². The minimum Gasteiger partial charge on any atom is -0.367 e. The predicted molar refractivity (Wildman–Crippen MR) is 125 cm³/mol. The molecule has 1 saturated heterocycles. The molecule has 0 spiro atoms. The van der Waals surface area contributed by atoms with Gasteiger partial charge in [0.1, 0.15) is 11.5 Å². The van der Waals surface area contributed by atoms with Gasteiger partial charge in [0.05, 0.1) is 22.4 Å². The summed E-state index contributed by atoms with van der Waals surface area (Å²) in [6.45, 7) is 9.50. The Bertz CT molecular complexity index is 970. The van der Waals surface area contributed by atoms with E-state index < -0.39 is 0 Å². The first-order valence-electron chi connectivity index (χ1n) is 10.4. The van der Waals surface area contributed by atoms with Crippen LogP contribution in [0.3, 0.4) is 0 Å². The number of nitrogens with zero attached hydrogens (tertiary/aromatic N) is 4. The summed E-state index contributed by atoms with van der Waals surface area (Å²) in [5.41, 5.74) is 5.41. The average Bonchev–Trinajstić information content (AvgIpc) is 2.99. The summed E-state index contributed by atoms with van der Waals surface area (Å²) in [6, 6.07) is 6.82. The monoisotopic (exact) mass is 471 g/mol. The summed E-state index contributed by atoms with van der Waals surface area (Å²) in [4.78, 5) is 14.4. The standard InChI is InChI=1S/C23H27BrFN5/c1-3-16(2)20-14-27-23-21(28-20)22(19(24)13-26-23)30-10-4-9-29(11-12-30)15-17-5-7-18(25)8-6-17/h3,5-8,13H,4,9-12,14-15H2,1-2H3,(H,26,27)/b16-3+. The molecule has 2 aliphatic rings. The van der Waals surface area contributed by atoms with Gasteiger partial charge < -0.3 is 10.2 Å². The van der Waals surface area contributed by atoms with Gasteiger partial charge in [-0.25, -0.2) is 14.4 Å². The molecule has 5 nitrogen and oxygen atoms in total. The number of benzene rings is 1. The second-order valence-electron chi connectivity index (χ2n) is 7.78. The maximum Gasteiger partial charge on any atom is 0.154 e. The van der Waals surface area contributed by atoms with Gasteiger partial charge in [-0.15, -0.1) is 0 Å². The SMILES string of the molecule is C/C=C(\C)C1=Nc2c(ncc(Br)c2N2CCCN(Cc3ccc(F)cc3)CC2)NC1. The molecule has 2 aromatic rings. The van der Waals surface area contributed by atoms with E-state index in [1.54, 1.807) is 0 Å². The Hall–Kier alpha value is -2.25. The van der Waals surface area contributed by atoms with E-state index in [0.29, 0.717) is 6.54 Å². The minimum absolute atomic E-state index is 0.185. The van der Waals surface area contributed by atoms with Gasteiger partial charge in [-0.2, -0.15) is 0 Å². The van der Waals surface area contributed by atoms with Crippen LogP contribution in [-0.4, -0.2) is 48.3 Å². The first-order valence-corrected chi connectivity index (χ1v) is 11.2. The molecule has 2 aliphatic heterocycles. The van der Waals surface area contributed by atoms with Crippen molar-refractivity contribution < 1.29 is 4.39 Å². The molecule has 1 N–H and O–H groups in total. The van der Waals surface area contributed by atoms with Gasteiger partial charge >= 0.3 is 0 Å². The summed E-state index contributed by atoms with van der Waals surface area (Å²) in [5, 5.41) is 3.42. The lowest BCUT2D eigenvalue weighted by Gasteiger charge is -2.28. The van der Waals surface area contributed by atoms with E-state index in [-0.39, 0.29) is 5.82 Å². The number of hydrogen-bond donors (Lipinski definition) is 1. The molecular weight excluding hydrogens is 445 g/mol. The fourth-order valence-electron chi connectivity index (χ4n) is 3.94. The highest BCUT2D eigenvalue weighted by atomic mass is 79.9. The molecule has 1 aromatic carbocycles. The van der Waals surface area contributed by atoms with Gasteiger partial charge in [-0.05, 0) is 59.5 Å². The number of nitrogens with one attached hydrogen (secondary N) is 1. The third-order valence-electron chi connectivity index (χ3n) is 5.76. The summed E-state index contributed by atoms with van der Waals surface area (Å²) in [6.07, 6.45) is 5.02. The normalized spacial score (nSPS) is 17.8. The Morgan fingerprint density at radius 3 is 2.77 bits per heavy atom. The van der Waals surface area contributed by atoms with E-state index in [9.17, 15) is 4.39 Å². The van der Waals surface area contributed by atoms with E-state index in [2.05, 4.69) is 49.0 Å². The van der Waals surface area contributed by atoms with Crippen LogP contribution in [0, 0.1) is 5.82 Å². The van der Waals surface area contributed by atoms with Crippen molar-refractivity contribution >= 4 is 38.8 Å². The van der Waals surface area contributed by atoms with Gasteiger partial charge in [0.15, 0.2) is 5.82 Å². The fourth-order valence-corrected chi connectivity index (χ4v) is 4.48. The van der Waals surface area contributed by atoms with Gasteiger partial charge in [0, 0.05) is 38.9 Å². The van der Waals surface area contributed by atoms with Crippen molar-refractivity contribution in [2.75, 3.05) is 42.9 Å². The Kier molecular flexibility index (Phi) is 6.49. The van der Waals surface area contributed by atoms with Crippen LogP contribution in [-0.2, 0) is 6.54 Å².